The second kappa shape index (κ2) is 22.0. The Balaban J connectivity index is 0.985. The van der Waals surface area contributed by atoms with Gasteiger partial charge in [-0.15, -0.1) is 0 Å². The van der Waals surface area contributed by atoms with Crippen molar-refractivity contribution in [1.82, 2.24) is 15.0 Å². The molecule has 10 aromatic rings. The lowest BCUT2D eigenvalue weighted by Crippen LogP contribution is -2.09. The van der Waals surface area contributed by atoms with Gasteiger partial charge >= 0.3 is 0 Å². The number of aryl methyl sites for hydroxylation is 4. The van der Waals surface area contributed by atoms with Crippen LogP contribution >= 0.6 is 0 Å². The Labute approximate surface area is 445 Å². The minimum Gasteiger partial charge on any atom is -0.256 e. The van der Waals surface area contributed by atoms with Crippen molar-refractivity contribution in [3.8, 4) is 78.3 Å². The molecule has 0 saturated carbocycles. The molecule has 0 aliphatic carbocycles. The minimum atomic E-state index is -1.51. The summed E-state index contributed by atoms with van der Waals surface area (Å²) >= 11 is 0. The summed E-state index contributed by atoms with van der Waals surface area (Å²) in [5.41, 5.74) is 19.8. The van der Waals surface area contributed by atoms with Crippen LogP contribution in [0.25, 0.3) is 78.3 Å². The van der Waals surface area contributed by atoms with Gasteiger partial charge in [0.25, 0.3) is 0 Å². The van der Waals surface area contributed by atoms with Crippen molar-refractivity contribution in [1.29, 1.82) is 0 Å². The molecule has 0 atom stereocenters. The van der Waals surface area contributed by atoms with Crippen LogP contribution in [0.15, 0.2) is 225 Å². The van der Waals surface area contributed by atoms with E-state index in [4.69, 9.17) is 10.5 Å². The van der Waals surface area contributed by atoms with Crippen molar-refractivity contribution in [2.45, 2.75) is 80.0 Å². The molecule has 0 spiro atoms. The first-order valence-electron chi connectivity index (χ1n) is 28.0. The highest BCUT2D eigenvalue weighted by Crippen LogP contribution is 2.41. The molecule has 10 rings (SSSR count). The average Bonchev–Trinajstić information content (AvgIpc) is 3.52. The second-order valence-electron chi connectivity index (χ2n) is 21.5. The summed E-state index contributed by atoms with van der Waals surface area (Å²) in [6.45, 7) is 11.6. The number of aromatic nitrogens is 3. The maximum atomic E-state index is 8.87. The summed E-state index contributed by atoms with van der Waals surface area (Å²) in [5.74, 6) is 0. The van der Waals surface area contributed by atoms with Gasteiger partial charge in [0.2, 0.25) is 0 Å². The van der Waals surface area contributed by atoms with E-state index in [0.717, 1.165) is 87.3 Å². The van der Waals surface area contributed by atoms with Crippen LogP contribution in [-0.2, 0) is 38.4 Å². The first-order valence-corrected chi connectivity index (χ1v) is 26.0. The van der Waals surface area contributed by atoms with Crippen molar-refractivity contribution in [2.24, 2.45) is 10.8 Å². The van der Waals surface area contributed by atoms with Crippen LogP contribution in [0, 0.1) is 10.8 Å². The van der Waals surface area contributed by atoms with Crippen molar-refractivity contribution in [3.05, 3.63) is 258 Å². The van der Waals surface area contributed by atoms with Crippen molar-refractivity contribution >= 4 is 0 Å². The molecule has 0 N–H and O–H groups in total. The van der Waals surface area contributed by atoms with Crippen LogP contribution in [0.4, 0.5) is 0 Å². The molecule has 366 valence electrons. The van der Waals surface area contributed by atoms with E-state index in [2.05, 4.69) is 180 Å². The van der Waals surface area contributed by atoms with Crippen molar-refractivity contribution in [3.63, 3.8) is 0 Å². The SMILES string of the molecule is [2H]C([2H])(c1ccnc(-c2ccc(CCc3cc(CCc4ccc(-c5cc(C([2H])([2H])C(C)(C)C)ccn5)cc4)cc(-c4ccccc4-c4ccc(-c5ccccn5)cc4-c4ccc(-c5ccccc5)cc4)c3)cc2)c1)C(C)(C)C. The molecule has 74 heavy (non-hydrogen) atoms. The van der Waals surface area contributed by atoms with Crippen molar-refractivity contribution < 1.29 is 5.48 Å². The zero-order chi connectivity index (χ0) is 54.7. The average molecular weight is 966 g/mol. The molecule has 0 radical (unpaired) electrons. The summed E-state index contributed by atoms with van der Waals surface area (Å²) in [6, 6.07) is 72.7. The molecule has 3 heteroatoms. The second-order valence-corrected chi connectivity index (χ2v) is 21.5. The fourth-order valence-electron chi connectivity index (χ4n) is 9.82. The van der Waals surface area contributed by atoms with Crippen LogP contribution < -0.4 is 0 Å². The lowest BCUT2D eigenvalue weighted by atomic mass is 9.86. The van der Waals surface area contributed by atoms with Crippen LogP contribution in [0.1, 0.15) is 80.4 Å². The number of hydrogen-bond donors (Lipinski definition) is 0. The van der Waals surface area contributed by atoms with Gasteiger partial charge in [-0.2, -0.15) is 0 Å². The van der Waals surface area contributed by atoms with E-state index in [-0.39, 0.29) is 0 Å². The van der Waals surface area contributed by atoms with E-state index in [1.54, 1.807) is 24.5 Å². The minimum absolute atomic E-state index is 0.565. The van der Waals surface area contributed by atoms with Crippen LogP contribution in [0.3, 0.4) is 0 Å². The van der Waals surface area contributed by atoms with Gasteiger partial charge in [0.1, 0.15) is 0 Å². The summed E-state index contributed by atoms with van der Waals surface area (Å²) in [6.07, 6.45) is 5.64. The van der Waals surface area contributed by atoms with Gasteiger partial charge in [-0.05, 0) is 170 Å². The third-order valence-corrected chi connectivity index (χ3v) is 13.3. The Kier molecular flexibility index (Phi) is 13.3. The summed E-state index contributed by atoms with van der Waals surface area (Å²) in [5, 5.41) is 0. The molecule has 7 aromatic carbocycles. The van der Waals surface area contributed by atoms with Crippen LogP contribution in [0.2, 0.25) is 0 Å². The first-order chi connectivity index (χ1) is 37.4. The van der Waals surface area contributed by atoms with Gasteiger partial charge in [0, 0.05) is 40.8 Å². The molecular weight excluding hydrogens is 895 g/mol. The largest absolute Gasteiger partial charge is 0.256 e. The third kappa shape index (κ3) is 12.6. The van der Waals surface area contributed by atoms with Crippen LogP contribution in [0.5, 0.6) is 0 Å². The fraction of sp³-hybridized carbons (Fsp3) is 0.197. The Hall–Kier alpha value is -8.01. The normalized spacial score (nSPS) is 12.9. The van der Waals surface area contributed by atoms with Gasteiger partial charge in [-0.1, -0.05) is 205 Å². The first kappa shape index (κ1) is 44.7. The topological polar surface area (TPSA) is 38.7 Å². The smallest absolute Gasteiger partial charge is 0.0704 e. The Morgan fingerprint density at radius 2 is 0.730 bits per heavy atom. The summed E-state index contributed by atoms with van der Waals surface area (Å²) < 4.78 is 35.5. The van der Waals surface area contributed by atoms with E-state index < -0.39 is 23.6 Å². The van der Waals surface area contributed by atoms with Gasteiger partial charge in [-0.3, -0.25) is 15.0 Å². The lowest BCUT2D eigenvalue weighted by molar-refractivity contribution is 0.411. The molecule has 0 fully saturated rings. The maximum Gasteiger partial charge on any atom is 0.0704 e. The predicted octanol–water partition coefficient (Wildman–Crippen LogP) is 18.3. The molecule has 3 nitrogen and oxygen atoms in total. The molecule has 0 aliphatic rings. The summed E-state index contributed by atoms with van der Waals surface area (Å²) in [7, 11) is 0. The number of pyridine rings is 3. The Bertz CT molecular complexity index is 3540. The number of nitrogens with zero attached hydrogens (tertiary/aromatic N) is 3. The monoisotopic (exact) mass is 966 g/mol. The van der Waals surface area contributed by atoms with E-state index >= 15 is 0 Å². The van der Waals surface area contributed by atoms with E-state index in [0.29, 0.717) is 11.1 Å². The number of hydrogen-bond acceptors (Lipinski definition) is 3. The third-order valence-electron chi connectivity index (χ3n) is 13.3. The Morgan fingerprint density at radius 3 is 1.27 bits per heavy atom. The van der Waals surface area contributed by atoms with E-state index in [1.807, 2.05) is 72.0 Å². The molecule has 0 aliphatic heterocycles. The maximum absolute atomic E-state index is 8.87. The molecule has 0 saturated heterocycles. The predicted molar refractivity (Wildman–Crippen MR) is 312 cm³/mol. The standard InChI is InChI=1S/C71H67N3/c1-70(2,3)48-54-37-40-73-68(45-54)59-27-23-50(24-28-59)19-21-52-42-53(22-20-51-25-29-60(30-26-51)69-46-55(38-41-74-69)49-71(4,5)6)44-62(43-52)63-16-10-11-17-64(63)65-36-35-61(67-18-12-13-39-72-67)47-66(65)58-33-31-57(32-34-58)56-14-8-7-9-15-56/h7-18,23-47H,19-22,48-49H2,1-6H3/i48D2,49D2. The van der Waals surface area contributed by atoms with Gasteiger partial charge < -0.3 is 0 Å². The quantitative estimate of drug-likeness (QED) is 0.103. The molecule has 0 bridgehead atoms. The van der Waals surface area contributed by atoms with Crippen molar-refractivity contribution in [2.75, 3.05) is 0 Å². The van der Waals surface area contributed by atoms with Crippen LogP contribution in [-0.4, -0.2) is 15.0 Å². The van der Waals surface area contributed by atoms with E-state index in [9.17, 15) is 0 Å². The van der Waals surface area contributed by atoms with Gasteiger partial charge in [0.05, 0.1) is 17.1 Å². The zero-order valence-electron chi connectivity index (χ0n) is 47.5. The molecule has 3 heterocycles. The molecule has 0 amide bonds. The summed E-state index contributed by atoms with van der Waals surface area (Å²) in [4.78, 5) is 14.0. The molecule has 3 aromatic heterocycles. The highest BCUT2D eigenvalue weighted by atomic mass is 14.7. The molecule has 0 unspecified atom stereocenters. The number of rotatable bonds is 15. The fourth-order valence-corrected chi connectivity index (χ4v) is 9.82. The highest BCUT2D eigenvalue weighted by molar-refractivity contribution is 5.94. The highest BCUT2D eigenvalue weighted by Gasteiger charge is 2.18. The van der Waals surface area contributed by atoms with Gasteiger partial charge in [0.15, 0.2) is 0 Å². The lowest BCUT2D eigenvalue weighted by Gasteiger charge is -2.18. The Morgan fingerprint density at radius 1 is 0.284 bits per heavy atom. The number of benzene rings is 7. The van der Waals surface area contributed by atoms with E-state index in [1.165, 1.54) is 38.9 Å². The zero-order valence-corrected chi connectivity index (χ0v) is 43.5. The van der Waals surface area contributed by atoms with Gasteiger partial charge in [-0.25, -0.2) is 0 Å². The molecular formula is C71H67N3.